The van der Waals surface area contributed by atoms with Crippen LogP contribution in [0.1, 0.15) is 51.4 Å². The van der Waals surface area contributed by atoms with Crippen molar-refractivity contribution in [1.29, 1.82) is 0 Å². The van der Waals surface area contributed by atoms with Crippen LogP contribution in [0.2, 0.25) is 0 Å². The van der Waals surface area contributed by atoms with Gasteiger partial charge in [-0.2, -0.15) is 11.8 Å². The Morgan fingerprint density at radius 3 is 2.00 bits per heavy atom. The van der Waals surface area contributed by atoms with Gasteiger partial charge in [0.2, 0.25) is 0 Å². The molecule has 0 bridgehead atoms. The van der Waals surface area contributed by atoms with Gasteiger partial charge < -0.3 is 0 Å². The summed E-state index contributed by atoms with van der Waals surface area (Å²) in [6.45, 7) is 0.872. The van der Waals surface area contributed by atoms with E-state index in [-0.39, 0.29) is 0 Å². The molecule has 0 spiro atoms. The normalized spacial score (nSPS) is 9.93. The maximum absolute atomic E-state index is 4.50. The van der Waals surface area contributed by atoms with Gasteiger partial charge >= 0.3 is 0 Å². The van der Waals surface area contributed by atoms with Gasteiger partial charge in [0, 0.05) is 6.54 Å². The first-order valence-corrected chi connectivity index (χ1v) is 7.74. The van der Waals surface area contributed by atoms with Gasteiger partial charge in [-0.15, -0.1) is 0 Å². The van der Waals surface area contributed by atoms with Gasteiger partial charge in [0.15, 0.2) is 0 Å². The van der Waals surface area contributed by atoms with Crippen LogP contribution in [0.5, 0.6) is 0 Å². The van der Waals surface area contributed by atoms with Crippen molar-refractivity contribution in [2.75, 3.05) is 18.6 Å². The van der Waals surface area contributed by atoms with E-state index in [0.29, 0.717) is 0 Å². The van der Waals surface area contributed by atoms with E-state index >= 15 is 0 Å². The van der Waals surface area contributed by atoms with E-state index in [1.54, 1.807) is 0 Å². The molecule has 1 nitrogen and oxygen atoms in total. The second-order valence-electron chi connectivity index (χ2n) is 3.79. The lowest BCUT2D eigenvalue weighted by Crippen LogP contribution is -1.84. The van der Waals surface area contributed by atoms with Gasteiger partial charge in [-0.1, -0.05) is 38.5 Å². The molecule has 0 N–H and O–H groups in total. The first-order chi connectivity index (χ1) is 7.41. The molecular weight excluding hydrogens is 222 g/mol. The minimum absolute atomic E-state index is 0.872. The Morgan fingerprint density at radius 1 is 0.933 bits per heavy atom. The van der Waals surface area contributed by atoms with E-state index in [1.165, 1.54) is 57.1 Å². The molecular formula is C12H23NS2. The molecule has 0 atom stereocenters. The number of rotatable bonds is 11. The summed E-state index contributed by atoms with van der Waals surface area (Å²) in [4.78, 5) is 3.90. The monoisotopic (exact) mass is 245 g/mol. The SMILES string of the molecule is CSCCCCCCCCCCN=C=S. The predicted octanol–water partition coefficient (Wildman–Crippen LogP) is 4.57. The summed E-state index contributed by atoms with van der Waals surface area (Å²) in [6, 6.07) is 0. The molecule has 88 valence electrons. The van der Waals surface area contributed by atoms with Crippen LogP contribution in [0.25, 0.3) is 0 Å². The summed E-state index contributed by atoms with van der Waals surface area (Å²) in [5, 5.41) is 2.40. The third-order valence-electron chi connectivity index (χ3n) is 2.43. The van der Waals surface area contributed by atoms with Gasteiger partial charge in [0.1, 0.15) is 0 Å². The Kier molecular flexibility index (Phi) is 14.3. The average Bonchev–Trinajstić information content (AvgIpc) is 2.26. The van der Waals surface area contributed by atoms with Crippen LogP contribution in [-0.4, -0.2) is 23.7 Å². The second-order valence-corrected chi connectivity index (χ2v) is 4.96. The Hall–Kier alpha value is 0.150. The number of thioether (sulfide) groups is 1. The van der Waals surface area contributed by atoms with Gasteiger partial charge in [0.05, 0.1) is 5.16 Å². The zero-order valence-corrected chi connectivity index (χ0v) is 11.5. The smallest absolute Gasteiger partial charge is 0.0584 e. The number of hydrogen-bond donors (Lipinski definition) is 0. The zero-order valence-electron chi connectivity index (χ0n) is 9.83. The van der Waals surface area contributed by atoms with Gasteiger partial charge in [-0.25, -0.2) is 4.99 Å². The number of isothiocyanates is 1. The molecule has 0 saturated heterocycles. The highest BCUT2D eigenvalue weighted by Crippen LogP contribution is 2.09. The zero-order chi connectivity index (χ0) is 11.2. The predicted molar refractivity (Wildman–Crippen MR) is 75.2 cm³/mol. The lowest BCUT2D eigenvalue weighted by molar-refractivity contribution is 0.580. The molecule has 0 amide bonds. The van der Waals surface area contributed by atoms with Crippen molar-refractivity contribution in [2.24, 2.45) is 4.99 Å². The van der Waals surface area contributed by atoms with E-state index in [4.69, 9.17) is 0 Å². The third-order valence-corrected chi connectivity index (χ3v) is 3.26. The summed E-state index contributed by atoms with van der Waals surface area (Å²) in [5.74, 6) is 1.33. The molecule has 0 aromatic carbocycles. The third kappa shape index (κ3) is 14.2. The highest BCUT2D eigenvalue weighted by Gasteiger charge is 1.91. The topological polar surface area (TPSA) is 12.4 Å². The van der Waals surface area contributed by atoms with E-state index < -0.39 is 0 Å². The molecule has 0 aromatic rings. The summed E-state index contributed by atoms with van der Waals surface area (Å²) < 4.78 is 0. The molecule has 0 aliphatic heterocycles. The Bertz CT molecular complexity index is 165. The molecule has 0 aromatic heterocycles. The van der Waals surface area contributed by atoms with Crippen LogP contribution in [0.4, 0.5) is 0 Å². The van der Waals surface area contributed by atoms with Crippen LogP contribution >= 0.6 is 24.0 Å². The van der Waals surface area contributed by atoms with Gasteiger partial charge in [-0.05, 0) is 37.1 Å². The van der Waals surface area contributed by atoms with E-state index in [1.807, 2.05) is 11.8 Å². The lowest BCUT2D eigenvalue weighted by atomic mass is 10.1. The Labute approximate surface area is 104 Å². The number of aliphatic imine (C=N–C) groups is 1. The fourth-order valence-corrected chi connectivity index (χ4v) is 2.13. The molecule has 3 heteroatoms. The van der Waals surface area contributed by atoms with Gasteiger partial charge in [-0.3, -0.25) is 0 Å². The van der Waals surface area contributed by atoms with E-state index in [0.717, 1.165) is 6.54 Å². The highest BCUT2D eigenvalue weighted by atomic mass is 32.2. The summed E-state index contributed by atoms with van der Waals surface area (Å²) in [5.41, 5.74) is 0. The van der Waals surface area contributed by atoms with Crippen molar-refractivity contribution in [1.82, 2.24) is 0 Å². The summed E-state index contributed by atoms with van der Waals surface area (Å²) in [7, 11) is 0. The van der Waals surface area contributed by atoms with Crippen LogP contribution in [0, 0.1) is 0 Å². The fourth-order valence-electron chi connectivity index (χ4n) is 1.54. The molecule has 15 heavy (non-hydrogen) atoms. The molecule has 0 aliphatic carbocycles. The fraction of sp³-hybridized carbons (Fsp3) is 0.917. The van der Waals surface area contributed by atoms with E-state index in [9.17, 15) is 0 Å². The van der Waals surface area contributed by atoms with Crippen molar-refractivity contribution in [3.05, 3.63) is 0 Å². The molecule has 0 heterocycles. The van der Waals surface area contributed by atoms with Crippen molar-refractivity contribution in [2.45, 2.75) is 51.4 Å². The molecule has 0 saturated carbocycles. The number of hydrogen-bond acceptors (Lipinski definition) is 3. The van der Waals surface area contributed by atoms with Crippen molar-refractivity contribution >= 4 is 29.1 Å². The average molecular weight is 245 g/mol. The molecule has 0 radical (unpaired) electrons. The Balaban J connectivity index is 2.89. The summed E-state index contributed by atoms with van der Waals surface area (Å²) in [6.07, 6.45) is 13.0. The minimum Gasteiger partial charge on any atom is -0.233 e. The van der Waals surface area contributed by atoms with E-state index in [2.05, 4.69) is 28.6 Å². The minimum atomic E-state index is 0.872. The summed E-state index contributed by atoms with van der Waals surface area (Å²) >= 11 is 6.46. The van der Waals surface area contributed by atoms with Crippen molar-refractivity contribution in [3.8, 4) is 0 Å². The van der Waals surface area contributed by atoms with Crippen LogP contribution < -0.4 is 0 Å². The second kappa shape index (κ2) is 14.2. The van der Waals surface area contributed by atoms with Crippen LogP contribution in [-0.2, 0) is 0 Å². The maximum atomic E-state index is 4.50. The largest absolute Gasteiger partial charge is 0.233 e. The van der Waals surface area contributed by atoms with Crippen molar-refractivity contribution < 1.29 is 0 Å². The maximum Gasteiger partial charge on any atom is 0.0584 e. The van der Waals surface area contributed by atoms with Crippen LogP contribution in [0.15, 0.2) is 4.99 Å². The van der Waals surface area contributed by atoms with Crippen molar-refractivity contribution in [3.63, 3.8) is 0 Å². The molecule has 0 fully saturated rings. The lowest BCUT2D eigenvalue weighted by Gasteiger charge is -2.00. The Morgan fingerprint density at radius 2 is 1.47 bits per heavy atom. The molecule has 0 aliphatic rings. The number of thiocarbonyl (C=S) groups is 1. The standard InChI is InChI=1S/C12H23NS2/c1-15-11-9-7-5-3-2-4-6-8-10-13-12-14/h2-11H2,1H3. The molecule has 0 unspecified atom stereocenters. The number of nitrogens with zero attached hydrogens (tertiary/aromatic N) is 1. The first-order valence-electron chi connectivity index (χ1n) is 5.94. The highest BCUT2D eigenvalue weighted by molar-refractivity contribution is 7.98. The quantitative estimate of drug-likeness (QED) is 0.300. The van der Waals surface area contributed by atoms with Gasteiger partial charge in [0.25, 0.3) is 0 Å². The van der Waals surface area contributed by atoms with Crippen LogP contribution in [0.3, 0.4) is 0 Å². The molecule has 0 rings (SSSR count). The first kappa shape index (κ1) is 15.2. The number of unbranched alkanes of at least 4 members (excludes halogenated alkanes) is 7.